The fraction of sp³-hybridized carbons (Fsp3) is 0.938. The number of hydrogen-bond donors (Lipinski definition) is 2. The zero-order valence-electron chi connectivity index (χ0n) is 14.6. The van der Waals surface area contributed by atoms with Crippen molar-refractivity contribution in [3.63, 3.8) is 0 Å². The lowest BCUT2D eigenvalue weighted by atomic mass is 9.96. The first-order valence-electron chi connectivity index (χ1n) is 8.25. The first-order chi connectivity index (χ1) is 10.4. The number of rotatable bonds is 7. The summed E-state index contributed by atoms with van der Waals surface area (Å²) in [5, 5.41) is 2.81. The number of nitrogens with zero attached hydrogens (tertiary/aromatic N) is 1. The third-order valence-electron chi connectivity index (χ3n) is 3.99. The molecule has 0 aromatic carbocycles. The Morgan fingerprint density at radius 1 is 1.36 bits per heavy atom. The molecule has 0 spiro atoms. The number of amides is 1. The molecule has 1 atom stereocenters. The Kier molecular flexibility index (Phi) is 8.14. The van der Waals surface area contributed by atoms with Crippen molar-refractivity contribution in [3.8, 4) is 0 Å². The van der Waals surface area contributed by atoms with E-state index in [0.29, 0.717) is 25.0 Å². The summed E-state index contributed by atoms with van der Waals surface area (Å²) < 4.78 is 10.5. The van der Waals surface area contributed by atoms with Gasteiger partial charge in [-0.15, -0.1) is 0 Å². The molecular weight excluding hydrogens is 282 g/mol. The Bertz CT molecular complexity index is 323. The smallest absolute Gasteiger partial charge is 0.407 e. The van der Waals surface area contributed by atoms with Crippen molar-refractivity contribution in [2.24, 2.45) is 11.7 Å². The zero-order chi connectivity index (χ0) is 16.6. The van der Waals surface area contributed by atoms with E-state index in [4.69, 9.17) is 15.2 Å². The van der Waals surface area contributed by atoms with Crippen LogP contribution >= 0.6 is 0 Å². The summed E-state index contributed by atoms with van der Waals surface area (Å²) in [6.45, 7) is 9.75. The highest BCUT2D eigenvalue weighted by molar-refractivity contribution is 5.67. The maximum absolute atomic E-state index is 11.6. The fourth-order valence-electron chi connectivity index (χ4n) is 2.82. The summed E-state index contributed by atoms with van der Waals surface area (Å²) in [6, 6.07) is 0.318. The minimum Gasteiger partial charge on any atom is -0.444 e. The lowest BCUT2D eigenvalue weighted by molar-refractivity contribution is 0.0513. The van der Waals surface area contributed by atoms with Crippen LogP contribution in [0.2, 0.25) is 0 Å². The van der Waals surface area contributed by atoms with Gasteiger partial charge in [0.2, 0.25) is 0 Å². The van der Waals surface area contributed by atoms with Crippen LogP contribution in [-0.2, 0) is 9.47 Å². The van der Waals surface area contributed by atoms with Crippen LogP contribution in [0.5, 0.6) is 0 Å². The van der Waals surface area contributed by atoms with E-state index in [1.807, 2.05) is 20.8 Å². The Labute approximate surface area is 134 Å². The van der Waals surface area contributed by atoms with Gasteiger partial charge >= 0.3 is 6.09 Å². The minimum absolute atomic E-state index is 0.318. The van der Waals surface area contributed by atoms with Gasteiger partial charge in [0, 0.05) is 32.8 Å². The van der Waals surface area contributed by atoms with Crippen LogP contribution in [0.25, 0.3) is 0 Å². The van der Waals surface area contributed by atoms with E-state index >= 15 is 0 Å². The Morgan fingerprint density at radius 2 is 2.00 bits per heavy atom. The number of hydrogen-bond acceptors (Lipinski definition) is 5. The van der Waals surface area contributed by atoms with Crippen LogP contribution in [0.4, 0.5) is 4.79 Å². The molecule has 0 aromatic heterocycles. The number of methoxy groups -OCH3 is 1. The van der Waals surface area contributed by atoms with Gasteiger partial charge < -0.3 is 20.5 Å². The maximum atomic E-state index is 11.6. The van der Waals surface area contributed by atoms with E-state index in [2.05, 4.69) is 10.2 Å². The van der Waals surface area contributed by atoms with Gasteiger partial charge in [0.25, 0.3) is 0 Å². The molecule has 0 bridgehead atoms. The second-order valence-corrected chi connectivity index (χ2v) is 7.04. The van der Waals surface area contributed by atoms with E-state index in [1.165, 1.54) is 0 Å². The van der Waals surface area contributed by atoms with Gasteiger partial charge in [-0.2, -0.15) is 0 Å². The highest BCUT2D eigenvalue weighted by Crippen LogP contribution is 2.19. The van der Waals surface area contributed by atoms with E-state index in [-0.39, 0.29) is 6.09 Å². The quantitative estimate of drug-likeness (QED) is 0.746. The average molecular weight is 315 g/mol. The molecule has 6 heteroatoms. The number of nitrogens with one attached hydrogen (secondary N) is 1. The summed E-state index contributed by atoms with van der Waals surface area (Å²) in [7, 11) is 1.76. The summed E-state index contributed by atoms with van der Waals surface area (Å²) >= 11 is 0. The van der Waals surface area contributed by atoms with Crippen molar-refractivity contribution in [3.05, 3.63) is 0 Å². The van der Waals surface area contributed by atoms with E-state index in [0.717, 1.165) is 39.0 Å². The van der Waals surface area contributed by atoms with Gasteiger partial charge in [-0.05, 0) is 59.0 Å². The standard InChI is InChI=1S/C16H33N3O3/c1-16(2,3)22-15(20)18-8-5-14(11-17)19-9-6-13(7-10-19)12-21-4/h13-14H,5-12,17H2,1-4H3,(H,18,20). The van der Waals surface area contributed by atoms with Gasteiger partial charge in [-0.3, -0.25) is 4.90 Å². The second-order valence-electron chi connectivity index (χ2n) is 7.04. The molecule has 0 radical (unpaired) electrons. The molecule has 1 aliphatic heterocycles. The van der Waals surface area contributed by atoms with Gasteiger partial charge in [-0.25, -0.2) is 4.79 Å². The number of piperidine rings is 1. The van der Waals surface area contributed by atoms with Gasteiger partial charge in [0.1, 0.15) is 5.60 Å². The predicted octanol–water partition coefficient (Wildman–Crippen LogP) is 1.59. The molecule has 1 unspecified atom stereocenters. The van der Waals surface area contributed by atoms with Crippen LogP contribution in [-0.4, -0.2) is 62.5 Å². The monoisotopic (exact) mass is 315 g/mol. The Hall–Kier alpha value is -0.850. The third kappa shape index (κ3) is 7.42. The first-order valence-corrected chi connectivity index (χ1v) is 8.25. The number of alkyl carbamates (subject to hydrolysis) is 1. The number of nitrogens with two attached hydrogens (primary N) is 1. The molecule has 0 aromatic rings. The van der Waals surface area contributed by atoms with E-state index in [1.54, 1.807) is 7.11 Å². The number of ether oxygens (including phenoxy) is 2. The average Bonchev–Trinajstić information content (AvgIpc) is 2.43. The van der Waals surface area contributed by atoms with Gasteiger partial charge in [-0.1, -0.05) is 0 Å². The van der Waals surface area contributed by atoms with Crippen LogP contribution in [0, 0.1) is 5.92 Å². The molecule has 1 rings (SSSR count). The topological polar surface area (TPSA) is 76.8 Å². The van der Waals surface area contributed by atoms with Gasteiger partial charge in [0.15, 0.2) is 0 Å². The SMILES string of the molecule is COCC1CCN(C(CN)CCNC(=O)OC(C)(C)C)CC1. The first kappa shape index (κ1) is 19.2. The zero-order valence-corrected chi connectivity index (χ0v) is 14.6. The summed E-state index contributed by atoms with van der Waals surface area (Å²) in [4.78, 5) is 14.1. The molecule has 0 saturated carbocycles. The van der Waals surface area contributed by atoms with Crippen LogP contribution in [0.1, 0.15) is 40.0 Å². The van der Waals surface area contributed by atoms with Crippen molar-refractivity contribution in [1.82, 2.24) is 10.2 Å². The molecule has 1 aliphatic rings. The molecule has 130 valence electrons. The summed E-state index contributed by atoms with van der Waals surface area (Å²) in [5.41, 5.74) is 5.45. The van der Waals surface area contributed by atoms with Crippen molar-refractivity contribution in [1.29, 1.82) is 0 Å². The largest absolute Gasteiger partial charge is 0.444 e. The number of likely N-dealkylation sites (tertiary alicyclic amines) is 1. The van der Waals surface area contributed by atoms with E-state index < -0.39 is 5.60 Å². The number of carbonyl (C=O) groups is 1. The highest BCUT2D eigenvalue weighted by Gasteiger charge is 2.24. The molecule has 1 saturated heterocycles. The molecule has 22 heavy (non-hydrogen) atoms. The van der Waals surface area contributed by atoms with Crippen LogP contribution < -0.4 is 11.1 Å². The molecule has 0 aliphatic carbocycles. The van der Waals surface area contributed by atoms with Crippen molar-refractivity contribution in [2.45, 2.75) is 51.7 Å². The Balaban J connectivity index is 2.27. The fourth-order valence-corrected chi connectivity index (χ4v) is 2.82. The second kappa shape index (κ2) is 9.33. The molecule has 1 fully saturated rings. The molecule has 3 N–H and O–H groups in total. The van der Waals surface area contributed by atoms with Gasteiger partial charge in [0.05, 0.1) is 0 Å². The molecular formula is C16H33N3O3. The lowest BCUT2D eigenvalue weighted by Gasteiger charge is -2.37. The molecule has 1 amide bonds. The van der Waals surface area contributed by atoms with Crippen molar-refractivity contribution < 1.29 is 14.3 Å². The molecule has 1 heterocycles. The summed E-state index contributed by atoms with van der Waals surface area (Å²) in [5.74, 6) is 0.666. The normalized spacial score (nSPS) is 19.0. The van der Waals surface area contributed by atoms with Crippen molar-refractivity contribution >= 4 is 6.09 Å². The summed E-state index contributed by atoms with van der Waals surface area (Å²) in [6.07, 6.45) is 2.81. The lowest BCUT2D eigenvalue weighted by Crippen LogP contribution is -2.47. The minimum atomic E-state index is -0.458. The maximum Gasteiger partial charge on any atom is 0.407 e. The van der Waals surface area contributed by atoms with Crippen LogP contribution in [0.15, 0.2) is 0 Å². The Morgan fingerprint density at radius 3 is 2.50 bits per heavy atom. The molecule has 6 nitrogen and oxygen atoms in total. The van der Waals surface area contributed by atoms with Crippen molar-refractivity contribution in [2.75, 3.05) is 39.9 Å². The van der Waals surface area contributed by atoms with E-state index in [9.17, 15) is 4.79 Å². The van der Waals surface area contributed by atoms with Crippen LogP contribution in [0.3, 0.4) is 0 Å². The third-order valence-corrected chi connectivity index (χ3v) is 3.99. The predicted molar refractivity (Wildman–Crippen MR) is 87.9 cm³/mol. The number of carbonyl (C=O) groups excluding carboxylic acids is 1. The highest BCUT2D eigenvalue weighted by atomic mass is 16.6.